The van der Waals surface area contributed by atoms with Gasteiger partial charge in [0.1, 0.15) is 6.10 Å². The molecule has 4 atom stereocenters. The van der Waals surface area contributed by atoms with Crippen molar-refractivity contribution in [1.82, 2.24) is 0 Å². The second kappa shape index (κ2) is 2.73. The van der Waals surface area contributed by atoms with Crippen molar-refractivity contribution in [3.63, 3.8) is 0 Å². The molecule has 0 aromatic carbocycles. The molecule has 1 aliphatic heterocycles. The highest BCUT2D eigenvalue weighted by molar-refractivity contribution is 6.29. The molecule has 2 aliphatic carbocycles. The molecule has 0 aromatic rings. The van der Waals surface area contributed by atoms with Crippen LogP contribution in [-0.2, 0) is 4.74 Å². The zero-order chi connectivity index (χ0) is 10.8. The predicted molar refractivity (Wildman–Crippen MR) is 48.0 cm³/mol. The van der Waals surface area contributed by atoms with Gasteiger partial charge in [-0.2, -0.15) is 13.2 Å². The largest absolute Gasteiger partial charge is 0.478 e. The van der Waals surface area contributed by atoms with E-state index in [1.807, 2.05) is 12.2 Å². The van der Waals surface area contributed by atoms with Crippen LogP contribution in [0.1, 0.15) is 6.42 Å². The van der Waals surface area contributed by atoms with Gasteiger partial charge in [0, 0.05) is 11.8 Å². The van der Waals surface area contributed by atoms with Crippen molar-refractivity contribution < 1.29 is 17.9 Å². The Hall–Kier alpha value is -0.640. The Morgan fingerprint density at radius 1 is 1.27 bits per heavy atom. The quantitative estimate of drug-likeness (QED) is 0.587. The lowest BCUT2D eigenvalue weighted by Crippen LogP contribution is -2.28. The van der Waals surface area contributed by atoms with Gasteiger partial charge in [0.2, 0.25) is 0 Å². The van der Waals surface area contributed by atoms with Gasteiger partial charge in [0.15, 0.2) is 5.22 Å². The van der Waals surface area contributed by atoms with Crippen LogP contribution < -0.4 is 0 Å². The maximum atomic E-state index is 12.7. The first kappa shape index (κ1) is 9.58. The highest BCUT2D eigenvalue weighted by atomic mass is 35.5. The monoisotopic (exact) mass is 236 g/mol. The lowest BCUT2D eigenvalue weighted by Gasteiger charge is -2.22. The predicted octanol–water partition coefficient (Wildman–Crippen LogP) is 3.22. The Balaban J connectivity index is 2.02. The lowest BCUT2D eigenvalue weighted by atomic mass is 9.86. The van der Waals surface area contributed by atoms with Gasteiger partial charge in [-0.15, -0.1) is 0 Å². The van der Waals surface area contributed by atoms with Gasteiger partial charge in [-0.05, 0) is 23.9 Å². The normalized spacial score (nSPS) is 42.4. The third-order valence-corrected chi connectivity index (χ3v) is 3.77. The molecule has 1 fully saturated rings. The van der Waals surface area contributed by atoms with Crippen LogP contribution >= 0.6 is 11.6 Å². The minimum Gasteiger partial charge on any atom is -0.478 e. The summed E-state index contributed by atoms with van der Waals surface area (Å²) in [7, 11) is 0. The van der Waals surface area contributed by atoms with Gasteiger partial charge in [0.05, 0.1) is 5.57 Å². The fraction of sp³-hybridized carbons (Fsp3) is 0.600. The van der Waals surface area contributed by atoms with E-state index in [1.165, 1.54) is 0 Å². The highest BCUT2D eigenvalue weighted by Crippen LogP contribution is 2.57. The smallest absolute Gasteiger partial charge is 0.417 e. The number of hydrogen-bond acceptors (Lipinski definition) is 1. The summed E-state index contributed by atoms with van der Waals surface area (Å²) >= 11 is 5.53. The summed E-state index contributed by atoms with van der Waals surface area (Å²) in [5, 5.41) is -0.448. The molecule has 15 heavy (non-hydrogen) atoms. The first-order valence-corrected chi connectivity index (χ1v) is 5.18. The van der Waals surface area contributed by atoms with Crippen molar-refractivity contribution in [3.8, 4) is 0 Å². The lowest BCUT2D eigenvalue weighted by molar-refractivity contribution is -0.0995. The van der Waals surface area contributed by atoms with E-state index in [-0.39, 0.29) is 17.9 Å². The zero-order valence-corrected chi connectivity index (χ0v) is 8.35. The Kier molecular flexibility index (Phi) is 1.74. The summed E-state index contributed by atoms with van der Waals surface area (Å²) in [5.41, 5.74) is -0.661. The summed E-state index contributed by atoms with van der Waals surface area (Å²) in [6.07, 6.45) is -0.191. The number of ether oxygens (including phenoxy) is 1. The second-order valence-electron chi connectivity index (χ2n) is 4.24. The molecule has 0 spiro atoms. The van der Waals surface area contributed by atoms with Crippen molar-refractivity contribution >= 4 is 11.6 Å². The first-order valence-electron chi connectivity index (χ1n) is 4.80. The van der Waals surface area contributed by atoms with Crippen molar-refractivity contribution in [1.29, 1.82) is 0 Å². The molecule has 2 bridgehead atoms. The van der Waals surface area contributed by atoms with E-state index in [1.54, 1.807) is 0 Å². The minimum atomic E-state index is -4.37. The molecule has 0 saturated heterocycles. The van der Waals surface area contributed by atoms with E-state index in [2.05, 4.69) is 0 Å². The van der Waals surface area contributed by atoms with E-state index >= 15 is 0 Å². The van der Waals surface area contributed by atoms with E-state index in [0.717, 1.165) is 6.42 Å². The molecule has 5 heteroatoms. The molecule has 0 unspecified atom stereocenters. The maximum absolute atomic E-state index is 12.7. The molecule has 1 saturated carbocycles. The van der Waals surface area contributed by atoms with Crippen LogP contribution in [0.2, 0.25) is 0 Å². The summed E-state index contributed by atoms with van der Waals surface area (Å²) in [6.45, 7) is 0. The highest BCUT2D eigenvalue weighted by Gasteiger charge is 2.58. The SMILES string of the molecule is FC(F)(F)C1=C(Cl)O[C@@H]2[C@H]1[C@H]1C=C[C@@H]2C1. The fourth-order valence-electron chi connectivity index (χ4n) is 2.93. The Morgan fingerprint density at radius 2 is 1.93 bits per heavy atom. The van der Waals surface area contributed by atoms with Crippen molar-refractivity contribution in [2.45, 2.75) is 18.7 Å². The van der Waals surface area contributed by atoms with E-state index in [0.29, 0.717) is 0 Å². The molecule has 1 nitrogen and oxygen atoms in total. The number of hydrogen-bond donors (Lipinski definition) is 0. The van der Waals surface area contributed by atoms with Crippen LogP contribution in [-0.4, -0.2) is 12.3 Å². The van der Waals surface area contributed by atoms with Crippen LogP contribution in [0.25, 0.3) is 0 Å². The number of fused-ring (bicyclic) bond motifs is 5. The fourth-order valence-corrected chi connectivity index (χ4v) is 3.27. The molecular formula is C10H8ClF3O. The van der Waals surface area contributed by atoms with Crippen LogP contribution in [0.5, 0.6) is 0 Å². The van der Waals surface area contributed by atoms with Crippen molar-refractivity contribution in [3.05, 3.63) is 22.9 Å². The number of rotatable bonds is 0. The summed E-state index contributed by atoms with van der Waals surface area (Å²) in [4.78, 5) is 0. The van der Waals surface area contributed by atoms with Crippen LogP contribution in [0.3, 0.4) is 0 Å². The third-order valence-electron chi connectivity index (χ3n) is 3.48. The molecule has 0 amide bonds. The van der Waals surface area contributed by atoms with Gasteiger partial charge in [-0.1, -0.05) is 12.2 Å². The van der Waals surface area contributed by atoms with Crippen molar-refractivity contribution in [2.24, 2.45) is 17.8 Å². The van der Waals surface area contributed by atoms with E-state index in [9.17, 15) is 13.2 Å². The van der Waals surface area contributed by atoms with Crippen LogP contribution in [0, 0.1) is 17.8 Å². The molecule has 3 rings (SSSR count). The average molecular weight is 237 g/mol. The Labute approximate surface area is 89.5 Å². The van der Waals surface area contributed by atoms with Crippen LogP contribution in [0.15, 0.2) is 22.9 Å². The zero-order valence-electron chi connectivity index (χ0n) is 7.59. The average Bonchev–Trinajstić information content (AvgIpc) is 2.68. The standard InChI is InChI=1S/C10H8ClF3O/c11-9-7(10(12,13)14)6-4-1-2-5(3-4)8(6)15-9/h1-2,4-6,8H,3H2/t4-,5+,6-,8-/m0/s1. The minimum absolute atomic E-state index is 0.0483. The maximum Gasteiger partial charge on any atom is 0.417 e. The van der Waals surface area contributed by atoms with Gasteiger partial charge in [0.25, 0.3) is 0 Å². The first-order chi connectivity index (χ1) is 6.98. The number of halogens is 4. The van der Waals surface area contributed by atoms with Gasteiger partial charge >= 0.3 is 6.18 Å². The summed E-state index contributed by atoms with van der Waals surface area (Å²) < 4.78 is 43.3. The Morgan fingerprint density at radius 3 is 2.60 bits per heavy atom. The molecule has 82 valence electrons. The van der Waals surface area contributed by atoms with Gasteiger partial charge in [-0.25, -0.2) is 0 Å². The van der Waals surface area contributed by atoms with Gasteiger partial charge in [-0.3, -0.25) is 0 Å². The number of allylic oxidation sites excluding steroid dienone is 1. The van der Waals surface area contributed by atoms with Crippen LogP contribution in [0.4, 0.5) is 13.2 Å². The summed E-state index contributed by atoms with van der Waals surface area (Å²) in [6, 6.07) is 0. The molecule has 3 aliphatic rings. The van der Waals surface area contributed by atoms with E-state index < -0.39 is 22.9 Å². The second-order valence-corrected chi connectivity index (χ2v) is 4.58. The molecular weight excluding hydrogens is 229 g/mol. The third kappa shape index (κ3) is 1.17. The summed E-state index contributed by atoms with van der Waals surface area (Å²) in [5.74, 6) is -0.519. The molecule has 0 N–H and O–H groups in total. The Bertz CT molecular complexity index is 371. The molecule has 0 radical (unpaired) electrons. The molecule has 0 aromatic heterocycles. The van der Waals surface area contributed by atoms with Gasteiger partial charge < -0.3 is 4.74 Å². The van der Waals surface area contributed by atoms with E-state index in [4.69, 9.17) is 16.3 Å². The molecule has 1 heterocycles. The number of alkyl halides is 3. The topological polar surface area (TPSA) is 9.23 Å². The van der Waals surface area contributed by atoms with Crippen molar-refractivity contribution in [2.75, 3.05) is 0 Å².